The van der Waals surface area contributed by atoms with Gasteiger partial charge < -0.3 is 10.1 Å². The first-order valence-electron chi connectivity index (χ1n) is 6.34. The van der Waals surface area contributed by atoms with Crippen LogP contribution in [-0.4, -0.2) is 19.2 Å². The smallest absolute Gasteiger partial charge is 0.122 e. The first-order chi connectivity index (χ1) is 7.90. The molecule has 0 spiro atoms. The monoisotopic (exact) mass is 219 g/mol. The van der Waals surface area contributed by atoms with Gasteiger partial charge in [0, 0.05) is 6.04 Å². The molecule has 2 heteroatoms. The Balaban J connectivity index is 2.01. The lowest BCUT2D eigenvalue weighted by atomic mass is 9.97. The van der Waals surface area contributed by atoms with E-state index in [1.54, 1.807) is 0 Å². The molecule has 88 valence electrons. The van der Waals surface area contributed by atoms with E-state index in [9.17, 15) is 0 Å². The maximum absolute atomic E-state index is 5.65. The normalized spacial score (nSPS) is 20.7. The molecule has 0 radical (unpaired) electrons. The summed E-state index contributed by atoms with van der Waals surface area (Å²) in [5.74, 6) is 1.05. The Hall–Kier alpha value is -1.02. The average Bonchev–Trinajstić information content (AvgIpc) is 2.33. The zero-order valence-electron chi connectivity index (χ0n) is 10.0. The molecule has 2 nitrogen and oxygen atoms in total. The Labute approximate surface area is 98.0 Å². The van der Waals surface area contributed by atoms with Crippen molar-refractivity contribution in [2.45, 2.75) is 38.6 Å². The van der Waals surface area contributed by atoms with E-state index in [0.717, 1.165) is 18.8 Å². The summed E-state index contributed by atoms with van der Waals surface area (Å²) >= 11 is 0. The van der Waals surface area contributed by atoms with Crippen molar-refractivity contribution in [3.8, 4) is 5.75 Å². The van der Waals surface area contributed by atoms with Gasteiger partial charge in [-0.15, -0.1) is 0 Å². The highest BCUT2D eigenvalue weighted by molar-refractivity contribution is 5.34. The van der Waals surface area contributed by atoms with Gasteiger partial charge in [-0.3, -0.25) is 0 Å². The fourth-order valence-electron chi connectivity index (χ4n) is 2.33. The third-order valence-electron chi connectivity index (χ3n) is 3.15. The van der Waals surface area contributed by atoms with Gasteiger partial charge in [0.25, 0.3) is 0 Å². The van der Waals surface area contributed by atoms with Crippen molar-refractivity contribution < 1.29 is 4.74 Å². The Morgan fingerprint density at radius 1 is 1.31 bits per heavy atom. The molecule has 1 aliphatic rings. The standard InChI is InChI=1S/C14H21NO/c1-2-16-14-9-4-3-7-12(14)11-13-8-5-6-10-15-13/h3-4,7,9,13,15H,2,5-6,8,10-11H2,1H3. The molecule has 0 saturated carbocycles. The third-order valence-corrected chi connectivity index (χ3v) is 3.15. The average molecular weight is 219 g/mol. The minimum atomic E-state index is 0.635. The second-order valence-electron chi connectivity index (χ2n) is 4.39. The number of hydrogen-bond acceptors (Lipinski definition) is 2. The summed E-state index contributed by atoms with van der Waals surface area (Å²) < 4.78 is 5.65. The molecule has 0 aliphatic carbocycles. The van der Waals surface area contributed by atoms with Gasteiger partial charge in [-0.05, 0) is 44.4 Å². The van der Waals surface area contributed by atoms with Crippen LogP contribution in [0.2, 0.25) is 0 Å². The Kier molecular flexibility index (Phi) is 4.23. The van der Waals surface area contributed by atoms with E-state index < -0.39 is 0 Å². The molecular formula is C14H21NO. The van der Waals surface area contributed by atoms with Crippen LogP contribution in [0.3, 0.4) is 0 Å². The molecule has 1 aliphatic heterocycles. The van der Waals surface area contributed by atoms with Gasteiger partial charge in [0.05, 0.1) is 6.61 Å². The number of benzene rings is 1. The van der Waals surface area contributed by atoms with Crippen LogP contribution in [0.4, 0.5) is 0 Å². The Morgan fingerprint density at radius 2 is 2.19 bits per heavy atom. The fourth-order valence-corrected chi connectivity index (χ4v) is 2.33. The van der Waals surface area contributed by atoms with Crippen LogP contribution in [0.1, 0.15) is 31.7 Å². The lowest BCUT2D eigenvalue weighted by molar-refractivity contribution is 0.331. The second kappa shape index (κ2) is 5.90. The summed E-state index contributed by atoms with van der Waals surface area (Å²) in [5.41, 5.74) is 1.34. The molecule has 1 N–H and O–H groups in total. The summed E-state index contributed by atoms with van der Waals surface area (Å²) in [5, 5.41) is 3.58. The summed E-state index contributed by atoms with van der Waals surface area (Å²) in [7, 11) is 0. The zero-order valence-corrected chi connectivity index (χ0v) is 10.0. The molecule has 0 bridgehead atoms. The Bertz CT molecular complexity index is 318. The number of rotatable bonds is 4. The molecule has 1 unspecified atom stereocenters. The van der Waals surface area contributed by atoms with Gasteiger partial charge in [-0.2, -0.15) is 0 Å². The van der Waals surface area contributed by atoms with E-state index in [4.69, 9.17) is 4.74 Å². The van der Waals surface area contributed by atoms with Crippen molar-refractivity contribution >= 4 is 0 Å². The number of ether oxygens (including phenoxy) is 1. The SMILES string of the molecule is CCOc1ccccc1CC1CCCCN1. The van der Waals surface area contributed by atoms with Crippen LogP contribution in [0.5, 0.6) is 5.75 Å². The lowest BCUT2D eigenvalue weighted by Gasteiger charge is -2.24. The summed E-state index contributed by atoms with van der Waals surface area (Å²) in [6.45, 7) is 3.95. The van der Waals surface area contributed by atoms with Crippen LogP contribution >= 0.6 is 0 Å². The first kappa shape index (κ1) is 11.5. The van der Waals surface area contributed by atoms with E-state index >= 15 is 0 Å². The van der Waals surface area contributed by atoms with E-state index in [2.05, 4.69) is 23.5 Å². The molecular weight excluding hydrogens is 198 g/mol. The molecule has 16 heavy (non-hydrogen) atoms. The van der Waals surface area contributed by atoms with Crippen molar-refractivity contribution in [1.29, 1.82) is 0 Å². The highest BCUT2D eigenvalue weighted by Gasteiger charge is 2.14. The van der Waals surface area contributed by atoms with Gasteiger partial charge >= 0.3 is 0 Å². The molecule has 1 aromatic rings. The van der Waals surface area contributed by atoms with E-state index in [-0.39, 0.29) is 0 Å². The largest absolute Gasteiger partial charge is 0.494 e. The zero-order chi connectivity index (χ0) is 11.2. The van der Waals surface area contributed by atoms with Crippen LogP contribution in [0, 0.1) is 0 Å². The molecule has 1 saturated heterocycles. The predicted octanol–water partition coefficient (Wildman–Crippen LogP) is 2.77. The van der Waals surface area contributed by atoms with Crippen LogP contribution in [0.15, 0.2) is 24.3 Å². The van der Waals surface area contributed by atoms with E-state index in [0.29, 0.717) is 6.04 Å². The topological polar surface area (TPSA) is 21.3 Å². The van der Waals surface area contributed by atoms with Crippen molar-refractivity contribution in [3.63, 3.8) is 0 Å². The second-order valence-corrected chi connectivity index (χ2v) is 4.39. The van der Waals surface area contributed by atoms with Crippen LogP contribution in [-0.2, 0) is 6.42 Å². The summed E-state index contributed by atoms with van der Waals surface area (Å²) in [4.78, 5) is 0. The quantitative estimate of drug-likeness (QED) is 0.840. The van der Waals surface area contributed by atoms with Gasteiger partial charge in [-0.25, -0.2) is 0 Å². The molecule has 1 fully saturated rings. The maximum Gasteiger partial charge on any atom is 0.122 e. The molecule has 0 aromatic heterocycles. The summed E-state index contributed by atoms with van der Waals surface area (Å²) in [6.07, 6.45) is 5.06. The molecule has 1 aromatic carbocycles. The van der Waals surface area contributed by atoms with Crippen LogP contribution in [0.25, 0.3) is 0 Å². The maximum atomic E-state index is 5.65. The van der Waals surface area contributed by atoms with Crippen molar-refractivity contribution in [1.82, 2.24) is 5.32 Å². The van der Waals surface area contributed by atoms with Gasteiger partial charge in [-0.1, -0.05) is 24.6 Å². The summed E-state index contributed by atoms with van der Waals surface area (Å²) in [6, 6.07) is 9.03. The number of hydrogen-bond donors (Lipinski definition) is 1. The van der Waals surface area contributed by atoms with Crippen molar-refractivity contribution in [3.05, 3.63) is 29.8 Å². The lowest BCUT2D eigenvalue weighted by Crippen LogP contribution is -2.35. The molecule has 1 heterocycles. The number of piperidine rings is 1. The van der Waals surface area contributed by atoms with Crippen molar-refractivity contribution in [2.75, 3.05) is 13.2 Å². The minimum Gasteiger partial charge on any atom is -0.494 e. The van der Waals surface area contributed by atoms with E-state index in [1.807, 2.05) is 13.0 Å². The van der Waals surface area contributed by atoms with Crippen LogP contribution < -0.4 is 10.1 Å². The fraction of sp³-hybridized carbons (Fsp3) is 0.571. The molecule has 1 atom stereocenters. The van der Waals surface area contributed by atoms with Gasteiger partial charge in [0.1, 0.15) is 5.75 Å². The van der Waals surface area contributed by atoms with Gasteiger partial charge in [0.15, 0.2) is 0 Å². The molecule has 0 amide bonds. The number of nitrogens with one attached hydrogen (secondary N) is 1. The van der Waals surface area contributed by atoms with Crippen molar-refractivity contribution in [2.24, 2.45) is 0 Å². The highest BCUT2D eigenvalue weighted by atomic mass is 16.5. The minimum absolute atomic E-state index is 0.635. The van der Waals surface area contributed by atoms with Gasteiger partial charge in [0.2, 0.25) is 0 Å². The first-order valence-corrected chi connectivity index (χ1v) is 6.34. The Morgan fingerprint density at radius 3 is 2.94 bits per heavy atom. The number of para-hydroxylation sites is 1. The highest BCUT2D eigenvalue weighted by Crippen LogP contribution is 2.21. The van der Waals surface area contributed by atoms with E-state index in [1.165, 1.54) is 31.4 Å². The molecule has 2 rings (SSSR count). The predicted molar refractivity (Wildman–Crippen MR) is 67.0 cm³/mol. The third kappa shape index (κ3) is 2.99.